The number of aliphatic imine (C=N–C) groups is 1. The first-order chi connectivity index (χ1) is 4.24. The molecule has 0 fully saturated rings. The second kappa shape index (κ2) is 2.05. The zero-order valence-corrected chi connectivity index (χ0v) is 5.64. The number of aryl methyl sites for hydroxylation is 2. The number of furan rings is 1. The molecule has 48 valence electrons. The third-order valence-corrected chi connectivity index (χ3v) is 1.16. The van der Waals surface area contributed by atoms with Gasteiger partial charge in [-0.3, -0.25) is 0 Å². The van der Waals surface area contributed by atoms with Crippen molar-refractivity contribution in [3.63, 3.8) is 0 Å². The highest BCUT2D eigenvalue weighted by Crippen LogP contribution is 2.21. The van der Waals surface area contributed by atoms with Gasteiger partial charge in [0.1, 0.15) is 5.76 Å². The third-order valence-electron chi connectivity index (χ3n) is 1.16. The van der Waals surface area contributed by atoms with E-state index in [9.17, 15) is 0 Å². The van der Waals surface area contributed by atoms with Crippen molar-refractivity contribution in [2.24, 2.45) is 4.99 Å². The summed E-state index contributed by atoms with van der Waals surface area (Å²) in [6.07, 6.45) is 0. The zero-order chi connectivity index (χ0) is 6.85. The Labute approximate surface area is 54.2 Å². The molecule has 1 heterocycles. The van der Waals surface area contributed by atoms with Gasteiger partial charge in [0.05, 0.1) is 0 Å². The topological polar surface area (TPSA) is 25.5 Å². The Balaban J connectivity index is 3.15. The second-order valence-corrected chi connectivity index (χ2v) is 2.00. The maximum atomic E-state index is 5.13. The van der Waals surface area contributed by atoms with Gasteiger partial charge >= 0.3 is 0 Å². The Hall–Kier alpha value is -1.05. The predicted molar refractivity (Wildman–Crippen MR) is 37.4 cm³/mol. The molecule has 0 bridgehead atoms. The van der Waals surface area contributed by atoms with Crippen molar-refractivity contribution in [1.82, 2.24) is 0 Å². The summed E-state index contributed by atoms with van der Waals surface area (Å²) in [6, 6.07) is 1.93. The van der Waals surface area contributed by atoms with Crippen molar-refractivity contribution < 1.29 is 4.42 Å². The molecule has 1 rings (SSSR count). The van der Waals surface area contributed by atoms with Gasteiger partial charge < -0.3 is 4.42 Å². The van der Waals surface area contributed by atoms with Crippen molar-refractivity contribution in [1.29, 1.82) is 0 Å². The van der Waals surface area contributed by atoms with E-state index in [1.807, 2.05) is 19.9 Å². The van der Waals surface area contributed by atoms with Gasteiger partial charge in [0.15, 0.2) is 0 Å². The van der Waals surface area contributed by atoms with Gasteiger partial charge in [-0.15, -0.1) is 0 Å². The molecular weight excluding hydrogens is 114 g/mol. The average molecular weight is 123 g/mol. The van der Waals surface area contributed by atoms with Crippen LogP contribution in [-0.4, -0.2) is 6.72 Å². The fourth-order valence-electron chi connectivity index (χ4n) is 0.786. The second-order valence-electron chi connectivity index (χ2n) is 2.00. The van der Waals surface area contributed by atoms with Crippen molar-refractivity contribution in [3.05, 3.63) is 17.4 Å². The lowest BCUT2D eigenvalue weighted by atomic mass is 10.3. The molecule has 0 amide bonds. The SMILES string of the molecule is C=Nc1oc(C)cc1C. The molecule has 0 saturated carbocycles. The zero-order valence-electron chi connectivity index (χ0n) is 5.64. The van der Waals surface area contributed by atoms with Crippen LogP contribution in [0.5, 0.6) is 0 Å². The maximum Gasteiger partial charge on any atom is 0.221 e. The lowest BCUT2D eigenvalue weighted by Crippen LogP contribution is -1.58. The monoisotopic (exact) mass is 123 g/mol. The molecule has 9 heavy (non-hydrogen) atoms. The van der Waals surface area contributed by atoms with Crippen LogP contribution in [0.4, 0.5) is 5.88 Å². The fourth-order valence-corrected chi connectivity index (χ4v) is 0.786. The van der Waals surface area contributed by atoms with Crippen LogP contribution in [-0.2, 0) is 0 Å². The minimum absolute atomic E-state index is 0.632. The molecule has 0 aliphatic rings. The van der Waals surface area contributed by atoms with Crippen LogP contribution in [0.25, 0.3) is 0 Å². The molecule has 2 nitrogen and oxygen atoms in total. The molecule has 0 atom stereocenters. The minimum Gasteiger partial charge on any atom is -0.443 e. The van der Waals surface area contributed by atoms with Crippen LogP contribution in [0.3, 0.4) is 0 Å². The summed E-state index contributed by atoms with van der Waals surface area (Å²) in [7, 11) is 0. The van der Waals surface area contributed by atoms with E-state index in [1.165, 1.54) is 0 Å². The van der Waals surface area contributed by atoms with Gasteiger partial charge in [-0.1, -0.05) is 0 Å². The molecule has 1 aromatic heterocycles. The van der Waals surface area contributed by atoms with Crippen LogP contribution in [0.15, 0.2) is 15.5 Å². The highest BCUT2D eigenvalue weighted by atomic mass is 16.4. The minimum atomic E-state index is 0.632. The molecular formula is C7H9NO. The molecule has 2 heteroatoms. The molecule has 1 aromatic rings. The molecule has 0 aliphatic heterocycles. The van der Waals surface area contributed by atoms with Crippen molar-refractivity contribution in [2.75, 3.05) is 0 Å². The van der Waals surface area contributed by atoms with Gasteiger partial charge in [0.2, 0.25) is 5.88 Å². The molecule has 0 N–H and O–H groups in total. The Morgan fingerprint density at radius 2 is 2.22 bits per heavy atom. The van der Waals surface area contributed by atoms with E-state index in [0.717, 1.165) is 11.3 Å². The summed E-state index contributed by atoms with van der Waals surface area (Å²) in [5.41, 5.74) is 1.04. The molecule has 0 aromatic carbocycles. The lowest BCUT2D eigenvalue weighted by molar-refractivity contribution is 0.544. The van der Waals surface area contributed by atoms with E-state index in [1.54, 1.807) is 0 Å². The first-order valence-electron chi connectivity index (χ1n) is 2.78. The molecule has 0 saturated heterocycles. The Bertz CT molecular complexity index is 225. The Kier molecular flexibility index (Phi) is 1.39. The summed E-state index contributed by atoms with van der Waals surface area (Å²) in [4.78, 5) is 3.67. The van der Waals surface area contributed by atoms with E-state index < -0.39 is 0 Å². The van der Waals surface area contributed by atoms with Gasteiger partial charge in [-0.2, -0.15) is 0 Å². The first-order valence-corrected chi connectivity index (χ1v) is 2.78. The van der Waals surface area contributed by atoms with Crippen LogP contribution in [0, 0.1) is 13.8 Å². The third kappa shape index (κ3) is 1.02. The largest absolute Gasteiger partial charge is 0.443 e. The average Bonchev–Trinajstić information content (AvgIpc) is 2.10. The van der Waals surface area contributed by atoms with Gasteiger partial charge in [-0.25, -0.2) is 4.99 Å². The molecule has 0 spiro atoms. The van der Waals surface area contributed by atoms with E-state index in [-0.39, 0.29) is 0 Å². The van der Waals surface area contributed by atoms with E-state index in [4.69, 9.17) is 4.42 Å². The number of nitrogens with zero attached hydrogens (tertiary/aromatic N) is 1. The summed E-state index contributed by atoms with van der Waals surface area (Å²) in [6.45, 7) is 7.20. The smallest absolute Gasteiger partial charge is 0.221 e. The van der Waals surface area contributed by atoms with Crippen molar-refractivity contribution in [2.45, 2.75) is 13.8 Å². The summed E-state index contributed by atoms with van der Waals surface area (Å²) < 4.78 is 5.13. The molecule has 0 unspecified atom stereocenters. The molecule has 0 aliphatic carbocycles. The van der Waals surface area contributed by atoms with E-state index in [2.05, 4.69) is 11.7 Å². The van der Waals surface area contributed by atoms with Crippen LogP contribution in [0.1, 0.15) is 11.3 Å². The van der Waals surface area contributed by atoms with E-state index in [0.29, 0.717) is 5.88 Å². The fraction of sp³-hybridized carbons (Fsp3) is 0.286. The number of rotatable bonds is 1. The maximum absolute atomic E-state index is 5.13. The highest BCUT2D eigenvalue weighted by molar-refractivity contribution is 5.43. The van der Waals surface area contributed by atoms with Crippen LogP contribution in [0.2, 0.25) is 0 Å². The van der Waals surface area contributed by atoms with Crippen molar-refractivity contribution >= 4 is 12.6 Å². The summed E-state index contributed by atoms with van der Waals surface area (Å²) in [5, 5.41) is 0. The lowest BCUT2D eigenvalue weighted by Gasteiger charge is -1.82. The quantitative estimate of drug-likeness (QED) is 0.526. The van der Waals surface area contributed by atoms with Crippen molar-refractivity contribution in [3.8, 4) is 0 Å². The Morgan fingerprint density at radius 1 is 1.56 bits per heavy atom. The van der Waals surface area contributed by atoms with Crippen LogP contribution >= 0.6 is 0 Å². The van der Waals surface area contributed by atoms with Gasteiger partial charge in [0.25, 0.3) is 0 Å². The first kappa shape index (κ1) is 6.08. The Morgan fingerprint density at radius 3 is 2.44 bits per heavy atom. The summed E-state index contributed by atoms with van der Waals surface area (Å²) in [5.74, 6) is 1.52. The normalized spacial score (nSPS) is 9.56. The molecule has 0 radical (unpaired) electrons. The predicted octanol–water partition coefficient (Wildman–Crippen LogP) is 2.23. The van der Waals surface area contributed by atoms with Gasteiger partial charge in [0, 0.05) is 5.56 Å². The number of hydrogen-bond donors (Lipinski definition) is 0. The van der Waals surface area contributed by atoms with E-state index >= 15 is 0 Å². The highest BCUT2D eigenvalue weighted by Gasteiger charge is 1.99. The van der Waals surface area contributed by atoms with Gasteiger partial charge in [-0.05, 0) is 26.6 Å². The van der Waals surface area contributed by atoms with Crippen LogP contribution < -0.4 is 0 Å². The summed E-state index contributed by atoms with van der Waals surface area (Å²) >= 11 is 0. The number of hydrogen-bond acceptors (Lipinski definition) is 2. The standard InChI is InChI=1S/C7H9NO/c1-5-4-6(2)9-7(5)8-3/h4H,3H2,1-2H3.